The number of halogens is 3. The number of aromatic nitrogens is 4. The Hall–Kier alpha value is -4.01. The van der Waals surface area contributed by atoms with Crippen molar-refractivity contribution in [3.8, 4) is 17.2 Å². The van der Waals surface area contributed by atoms with Gasteiger partial charge in [-0.25, -0.2) is 9.97 Å². The molecular formula is C24H15F3N4O2. The normalized spacial score (nSPS) is 21.1. The van der Waals surface area contributed by atoms with Crippen molar-refractivity contribution < 1.29 is 22.6 Å². The first-order chi connectivity index (χ1) is 16.0. The van der Waals surface area contributed by atoms with Gasteiger partial charge in [0.1, 0.15) is 34.8 Å². The van der Waals surface area contributed by atoms with E-state index < -0.39 is 11.7 Å². The van der Waals surface area contributed by atoms with Crippen molar-refractivity contribution in [1.29, 1.82) is 0 Å². The Labute approximate surface area is 184 Å². The van der Waals surface area contributed by atoms with Gasteiger partial charge in [0.05, 0.1) is 27.9 Å². The number of hydrogen-bond donors (Lipinski definition) is 2. The van der Waals surface area contributed by atoms with Crippen LogP contribution in [0.1, 0.15) is 28.8 Å². The fraction of sp³-hybridized carbons (Fsp3) is 0.167. The third-order valence-electron chi connectivity index (χ3n) is 6.35. The summed E-state index contributed by atoms with van der Waals surface area (Å²) in [6.45, 7) is 0. The van der Waals surface area contributed by atoms with Crippen LogP contribution in [-0.4, -0.2) is 26.0 Å². The van der Waals surface area contributed by atoms with Crippen molar-refractivity contribution in [1.82, 2.24) is 19.9 Å². The molecule has 5 aromatic rings. The molecule has 2 N–H and O–H groups in total. The minimum absolute atomic E-state index is 0.0354. The molecular weight excluding hydrogens is 433 g/mol. The number of ether oxygens (including phenoxy) is 2. The molecule has 2 aliphatic rings. The van der Waals surface area contributed by atoms with Gasteiger partial charge in [0.2, 0.25) is 0 Å². The number of fused-ring (bicyclic) bond motifs is 5. The van der Waals surface area contributed by atoms with Crippen molar-refractivity contribution in [2.24, 2.45) is 0 Å². The van der Waals surface area contributed by atoms with E-state index in [2.05, 4.69) is 19.9 Å². The molecule has 0 saturated heterocycles. The number of imidazole rings is 1. The standard InChI is InChI=1S/C24H15F3N4O2/c25-24(26,27)11-1-3-15-16(9-11)31-23(30-15)20-19-14-10-12(2-4-17(14)33-21(19)20)32-18-6-8-29-22-13(18)5-7-28-22/h1-10,19-21H,(H,28,29)(H,30,31)/t19-,20?,21?/m0/s1. The highest BCUT2D eigenvalue weighted by molar-refractivity contribution is 5.82. The van der Waals surface area contributed by atoms with Gasteiger partial charge in [-0.3, -0.25) is 0 Å². The van der Waals surface area contributed by atoms with E-state index >= 15 is 0 Å². The molecule has 9 heteroatoms. The van der Waals surface area contributed by atoms with Crippen molar-refractivity contribution in [3.63, 3.8) is 0 Å². The predicted molar refractivity (Wildman–Crippen MR) is 114 cm³/mol. The lowest BCUT2D eigenvalue weighted by Gasteiger charge is -2.11. The third kappa shape index (κ3) is 2.81. The second kappa shape index (κ2) is 6.28. The van der Waals surface area contributed by atoms with Crippen LogP contribution in [0.3, 0.4) is 0 Å². The lowest BCUT2D eigenvalue weighted by atomic mass is 10.1. The number of nitrogens with one attached hydrogen (secondary N) is 2. The summed E-state index contributed by atoms with van der Waals surface area (Å²) in [6.07, 6.45) is -0.987. The lowest BCUT2D eigenvalue weighted by molar-refractivity contribution is -0.137. The van der Waals surface area contributed by atoms with Crippen molar-refractivity contribution in [2.75, 3.05) is 0 Å². The van der Waals surface area contributed by atoms with Gasteiger partial charge in [-0.15, -0.1) is 0 Å². The van der Waals surface area contributed by atoms with Crippen LogP contribution in [0.5, 0.6) is 17.2 Å². The molecule has 3 aromatic heterocycles. The summed E-state index contributed by atoms with van der Waals surface area (Å²) in [5, 5.41) is 0.886. The first-order valence-electron chi connectivity index (χ1n) is 10.4. The average Bonchev–Trinajstić information content (AvgIpc) is 3.18. The Balaban J connectivity index is 1.18. The second-order valence-corrected chi connectivity index (χ2v) is 8.34. The van der Waals surface area contributed by atoms with Gasteiger partial charge in [0.25, 0.3) is 0 Å². The summed E-state index contributed by atoms with van der Waals surface area (Å²) in [6, 6.07) is 13.0. The fourth-order valence-electron chi connectivity index (χ4n) is 4.75. The number of benzene rings is 2. The average molecular weight is 448 g/mol. The zero-order valence-corrected chi connectivity index (χ0v) is 16.9. The molecule has 1 fully saturated rings. The van der Waals surface area contributed by atoms with Crippen molar-refractivity contribution in [2.45, 2.75) is 24.1 Å². The zero-order chi connectivity index (χ0) is 22.3. The van der Waals surface area contributed by atoms with Gasteiger partial charge in [-0.05, 0) is 48.5 Å². The number of rotatable bonds is 3. The maximum absolute atomic E-state index is 13.0. The summed E-state index contributed by atoms with van der Waals surface area (Å²) in [5.74, 6) is 2.85. The summed E-state index contributed by atoms with van der Waals surface area (Å²) < 4.78 is 51.3. The molecule has 0 amide bonds. The van der Waals surface area contributed by atoms with Gasteiger partial charge in [-0.2, -0.15) is 13.2 Å². The Morgan fingerprint density at radius 3 is 2.79 bits per heavy atom. The predicted octanol–water partition coefficient (Wildman–Crippen LogP) is 5.89. The molecule has 7 rings (SSSR count). The zero-order valence-electron chi connectivity index (χ0n) is 16.9. The molecule has 33 heavy (non-hydrogen) atoms. The summed E-state index contributed by atoms with van der Waals surface area (Å²) in [7, 11) is 0. The van der Waals surface area contributed by atoms with Crippen LogP contribution in [0.2, 0.25) is 0 Å². The molecule has 1 aliphatic carbocycles. The van der Waals surface area contributed by atoms with Crippen LogP contribution in [0.25, 0.3) is 22.1 Å². The first kappa shape index (κ1) is 18.6. The van der Waals surface area contributed by atoms with Gasteiger partial charge < -0.3 is 19.4 Å². The quantitative estimate of drug-likeness (QED) is 0.361. The van der Waals surface area contributed by atoms with Gasteiger partial charge >= 0.3 is 6.18 Å². The van der Waals surface area contributed by atoms with Crippen molar-refractivity contribution >= 4 is 22.1 Å². The van der Waals surface area contributed by atoms with Gasteiger partial charge in [0, 0.05) is 23.9 Å². The smallest absolute Gasteiger partial charge is 0.416 e. The van der Waals surface area contributed by atoms with Crippen LogP contribution in [-0.2, 0) is 6.18 Å². The molecule has 3 atom stereocenters. The van der Waals surface area contributed by atoms with E-state index in [1.807, 2.05) is 36.5 Å². The molecule has 0 spiro atoms. The minimum Gasteiger partial charge on any atom is -0.489 e. The van der Waals surface area contributed by atoms with Crippen LogP contribution >= 0.6 is 0 Å². The third-order valence-corrected chi connectivity index (χ3v) is 6.35. The number of alkyl halides is 3. The number of H-pyrrole nitrogens is 2. The molecule has 2 aromatic carbocycles. The monoisotopic (exact) mass is 448 g/mol. The van der Waals surface area contributed by atoms with Crippen LogP contribution in [0.4, 0.5) is 13.2 Å². The first-order valence-corrected chi connectivity index (χ1v) is 10.4. The molecule has 4 heterocycles. The maximum atomic E-state index is 13.0. The number of hydrogen-bond acceptors (Lipinski definition) is 4. The second-order valence-electron chi connectivity index (χ2n) is 8.34. The van der Waals surface area contributed by atoms with Crippen LogP contribution < -0.4 is 9.47 Å². The van der Waals surface area contributed by atoms with E-state index in [0.717, 1.165) is 34.5 Å². The highest BCUT2D eigenvalue weighted by Gasteiger charge is 2.61. The summed E-state index contributed by atoms with van der Waals surface area (Å²) >= 11 is 0. The Bertz CT molecular complexity index is 1550. The Morgan fingerprint density at radius 2 is 1.91 bits per heavy atom. The topological polar surface area (TPSA) is 75.8 Å². The maximum Gasteiger partial charge on any atom is 0.416 e. The van der Waals surface area contributed by atoms with E-state index in [1.165, 1.54) is 6.07 Å². The molecule has 2 unspecified atom stereocenters. The van der Waals surface area contributed by atoms with Gasteiger partial charge in [0.15, 0.2) is 0 Å². The number of nitrogens with zero attached hydrogens (tertiary/aromatic N) is 2. The SMILES string of the molecule is FC(F)(F)c1ccc2nc(C3C4Oc5ccc(Oc6ccnc7[nH]ccc67)cc5[C@H]43)[nH]c2c1. The highest BCUT2D eigenvalue weighted by atomic mass is 19.4. The molecule has 164 valence electrons. The van der Waals surface area contributed by atoms with E-state index in [0.29, 0.717) is 28.4 Å². The largest absolute Gasteiger partial charge is 0.489 e. The molecule has 1 aliphatic heterocycles. The lowest BCUT2D eigenvalue weighted by Crippen LogP contribution is -2.04. The van der Waals surface area contributed by atoms with E-state index in [4.69, 9.17) is 9.47 Å². The van der Waals surface area contributed by atoms with Crippen LogP contribution in [0.15, 0.2) is 60.9 Å². The highest BCUT2D eigenvalue weighted by Crippen LogP contribution is 2.63. The van der Waals surface area contributed by atoms with Crippen molar-refractivity contribution in [3.05, 3.63) is 77.9 Å². The fourth-order valence-corrected chi connectivity index (χ4v) is 4.75. The molecule has 6 nitrogen and oxygen atoms in total. The minimum atomic E-state index is -4.39. The van der Waals surface area contributed by atoms with E-state index in [-0.39, 0.29) is 17.9 Å². The summed E-state index contributed by atoms with van der Waals surface area (Å²) in [4.78, 5) is 14.9. The summed E-state index contributed by atoms with van der Waals surface area (Å²) in [5.41, 5.74) is 1.94. The van der Waals surface area contributed by atoms with Crippen LogP contribution in [0, 0.1) is 0 Å². The Kier molecular flexibility index (Phi) is 3.53. The molecule has 0 radical (unpaired) electrons. The van der Waals surface area contributed by atoms with Gasteiger partial charge in [-0.1, -0.05) is 0 Å². The molecule has 1 saturated carbocycles. The molecule has 0 bridgehead atoms. The van der Waals surface area contributed by atoms with E-state index in [1.54, 1.807) is 6.20 Å². The van der Waals surface area contributed by atoms with E-state index in [9.17, 15) is 13.2 Å². The number of aromatic amines is 2. The Morgan fingerprint density at radius 1 is 1.00 bits per heavy atom. The number of pyridine rings is 1.